The van der Waals surface area contributed by atoms with Gasteiger partial charge in [0, 0.05) is 5.56 Å². The van der Waals surface area contributed by atoms with Crippen molar-refractivity contribution in [3.8, 4) is 0 Å². The van der Waals surface area contributed by atoms with Gasteiger partial charge in [-0.2, -0.15) is 0 Å². The van der Waals surface area contributed by atoms with Gasteiger partial charge in [0.25, 0.3) is 5.91 Å². The lowest BCUT2D eigenvalue weighted by atomic mass is 10.0. The average molecular weight is 325 g/mol. The van der Waals surface area contributed by atoms with Crippen LogP contribution < -0.4 is 5.32 Å². The molecular weight excluding hydrogens is 310 g/mol. The lowest BCUT2D eigenvalue weighted by Crippen LogP contribution is -2.14. The van der Waals surface area contributed by atoms with E-state index in [-0.39, 0.29) is 5.91 Å². The summed E-state index contributed by atoms with van der Waals surface area (Å²) in [6.07, 6.45) is 0. The number of hydrogen-bond acceptors (Lipinski definition) is 4. The minimum Gasteiger partial charge on any atom is -0.462 e. The molecule has 2 aromatic carbocycles. The van der Waals surface area contributed by atoms with Crippen LogP contribution in [0, 0.1) is 0 Å². The molecule has 23 heavy (non-hydrogen) atoms. The van der Waals surface area contributed by atoms with Crippen LogP contribution in [0.5, 0.6) is 0 Å². The number of rotatable bonds is 4. The molecule has 0 aliphatic rings. The van der Waals surface area contributed by atoms with Crippen molar-refractivity contribution >= 4 is 39.0 Å². The topological polar surface area (TPSA) is 55.4 Å². The Bertz CT molecular complexity index is 864. The second kappa shape index (κ2) is 6.62. The van der Waals surface area contributed by atoms with Crippen molar-refractivity contribution in [3.05, 3.63) is 65.0 Å². The molecule has 0 unspecified atom stereocenters. The molecule has 0 spiro atoms. The maximum absolute atomic E-state index is 12.6. The smallest absolute Gasteiger partial charge is 0.341 e. The fourth-order valence-electron chi connectivity index (χ4n) is 2.37. The van der Waals surface area contributed by atoms with Crippen LogP contribution in [0.2, 0.25) is 0 Å². The molecule has 1 N–H and O–H groups in total. The van der Waals surface area contributed by atoms with Gasteiger partial charge >= 0.3 is 5.97 Å². The van der Waals surface area contributed by atoms with E-state index >= 15 is 0 Å². The van der Waals surface area contributed by atoms with Crippen molar-refractivity contribution in [2.75, 3.05) is 11.9 Å². The van der Waals surface area contributed by atoms with Crippen LogP contribution in [0.3, 0.4) is 0 Å². The van der Waals surface area contributed by atoms with E-state index in [4.69, 9.17) is 4.74 Å². The third kappa shape index (κ3) is 3.10. The van der Waals surface area contributed by atoms with Gasteiger partial charge in [-0.05, 0) is 35.2 Å². The van der Waals surface area contributed by atoms with Crippen LogP contribution in [-0.2, 0) is 4.74 Å². The number of nitrogens with one attached hydrogen (secondary N) is 1. The molecule has 0 saturated carbocycles. The molecule has 0 fully saturated rings. The first kappa shape index (κ1) is 15.2. The van der Waals surface area contributed by atoms with Gasteiger partial charge in [0.05, 0.1) is 12.2 Å². The molecule has 3 aromatic rings. The SMILES string of the molecule is CCOC(=O)c1ccsc1NC(=O)c1cccc2ccccc12. The van der Waals surface area contributed by atoms with Crippen molar-refractivity contribution in [1.29, 1.82) is 0 Å². The molecule has 0 atom stereocenters. The molecule has 0 saturated heterocycles. The first-order chi connectivity index (χ1) is 11.2. The Morgan fingerprint density at radius 1 is 1.04 bits per heavy atom. The lowest BCUT2D eigenvalue weighted by molar-refractivity contribution is 0.0528. The normalized spacial score (nSPS) is 10.5. The minimum absolute atomic E-state index is 0.241. The third-order valence-corrected chi connectivity index (χ3v) is 4.25. The van der Waals surface area contributed by atoms with Gasteiger partial charge in [-0.15, -0.1) is 11.3 Å². The van der Waals surface area contributed by atoms with Crippen molar-refractivity contribution in [2.24, 2.45) is 0 Å². The summed E-state index contributed by atoms with van der Waals surface area (Å²) in [4.78, 5) is 24.5. The first-order valence-electron chi connectivity index (χ1n) is 7.24. The number of carbonyl (C=O) groups is 2. The summed E-state index contributed by atoms with van der Waals surface area (Å²) in [5, 5.41) is 6.95. The highest BCUT2D eigenvalue weighted by Crippen LogP contribution is 2.26. The summed E-state index contributed by atoms with van der Waals surface area (Å²) in [6, 6.07) is 14.9. The maximum atomic E-state index is 12.6. The number of benzene rings is 2. The Kier molecular flexibility index (Phi) is 4.39. The number of amides is 1. The predicted molar refractivity (Wildman–Crippen MR) is 92.2 cm³/mol. The van der Waals surface area contributed by atoms with Gasteiger partial charge in [0.1, 0.15) is 5.00 Å². The summed E-state index contributed by atoms with van der Waals surface area (Å²) in [5.41, 5.74) is 0.955. The van der Waals surface area contributed by atoms with E-state index in [0.29, 0.717) is 22.7 Å². The third-order valence-electron chi connectivity index (χ3n) is 3.42. The monoisotopic (exact) mass is 325 g/mol. The molecule has 1 amide bonds. The molecule has 0 radical (unpaired) electrons. The minimum atomic E-state index is -0.429. The highest BCUT2D eigenvalue weighted by atomic mass is 32.1. The van der Waals surface area contributed by atoms with Crippen molar-refractivity contribution in [2.45, 2.75) is 6.92 Å². The second-order valence-corrected chi connectivity index (χ2v) is 5.78. The number of carbonyl (C=O) groups excluding carboxylic acids is 2. The first-order valence-corrected chi connectivity index (χ1v) is 8.12. The Morgan fingerprint density at radius 2 is 1.83 bits per heavy atom. The van der Waals surface area contributed by atoms with Gasteiger partial charge in [0.2, 0.25) is 0 Å². The van der Waals surface area contributed by atoms with E-state index in [2.05, 4.69) is 5.32 Å². The number of esters is 1. The summed E-state index contributed by atoms with van der Waals surface area (Å²) in [5.74, 6) is -0.670. The molecule has 4 nitrogen and oxygen atoms in total. The van der Waals surface area contributed by atoms with Gasteiger partial charge in [-0.1, -0.05) is 36.4 Å². The zero-order valence-electron chi connectivity index (χ0n) is 12.5. The van der Waals surface area contributed by atoms with E-state index in [1.54, 1.807) is 24.4 Å². The highest BCUT2D eigenvalue weighted by Gasteiger charge is 2.17. The van der Waals surface area contributed by atoms with Crippen molar-refractivity contribution in [1.82, 2.24) is 0 Å². The summed E-state index contributed by atoms with van der Waals surface area (Å²) < 4.78 is 5.00. The second-order valence-electron chi connectivity index (χ2n) is 4.86. The molecule has 1 heterocycles. The Labute approximate surface area is 137 Å². The quantitative estimate of drug-likeness (QED) is 0.726. The summed E-state index contributed by atoms with van der Waals surface area (Å²) >= 11 is 1.30. The standard InChI is InChI=1S/C18H15NO3S/c1-2-22-18(21)15-10-11-23-17(15)19-16(20)14-9-5-7-12-6-3-4-8-13(12)14/h3-11H,2H2,1H3,(H,19,20). The zero-order valence-corrected chi connectivity index (χ0v) is 13.4. The van der Waals surface area contributed by atoms with Crippen molar-refractivity contribution in [3.63, 3.8) is 0 Å². The highest BCUT2D eigenvalue weighted by molar-refractivity contribution is 7.14. The summed E-state index contributed by atoms with van der Waals surface area (Å²) in [6.45, 7) is 2.05. The van der Waals surface area contributed by atoms with Gasteiger partial charge in [-0.25, -0.2) is 4.79 Å². The van der Waals surface area contributed by atoms with Crippen LogP contribution in [0.25, 0.3) is 10.8 Å². The van der Waals surface area contributed by atoms with E-state index in [1.807, 2.05) is 36.4 Å². The number of hydrogen-bond donors (Lipinski definition) is 1. The molecule has 3 rings (SSSR count). The molecule has 116 valence electrons. The largest absolute Gasteiger partial charge is 0.462 e. The number of thiophene rings is 1. The van der Waals surface area contributed by atoms with Gasteiger partial charge in [0.15, 0.2) is 0 Å². The van der Waals surface area contributed by atoms with Crippen LogP contribution in [0.1, 0.15) is 27.6 Å². The van der Waals surface area contributed by atoms with E-state index < -0.39 is 5.97 Å². The van der Waals surface area contributed by atoms with E-state index in [1.165, 1.54) is 11.3 Å². The predicted octanol–water partition coefficient (Wildman–Crippen LogP) is 4.33. The van der Waals surface area contributed by atoms with E-state index in [0.717, 1.165) is 10.8 Å². The van der Waals surface area contributed by atoms with Gasteiger partial charge < -0.3 is 10.1 Å². The Morgan fingerprint density at radius 3 is 2.65 bits per heavy atom. The lowest BCUT2D eigenvalue weighted by Gasteiger charge is -2.08. The zero-order chi connectivity index (χ0) is 16.2. The molecule has 0 aliphatic heterocycles. The van der Waals surface area contributed by atoms with Crippen LogP contribution in [0.15, 0.2) is 53.9 Å². The fourth-order valence-corrected chi connectivity index (χ4v) is 3.14. The molecule has 5 heteroatoms. The fraction of sp³-hybridized carbons (Fsp3) is 0.111. The Balaban J connectivity index is 1.90. The van der Waals surface area contributed by atoms with E-state index in [9.17, 15) is 9.59 Å². The molecule has 1 aromatic heterocycles. The molecular formula is C18H15NO3S. The molecule has 0 aliphatic carbocycles. The molecule has 0 bridgehead atoms. The number of anilines is 1. The van der Waals surface area contributed by atoms with Crippen LogP contribution in [0.4, 0.5) is 5.00 Å². The average Bonchev–Trinajstić information content (AvgIpc) is 3.02. The Hall–Kier alpha value is -2.66. The van der Waals surface area contributed by atoms with Gasteiger partial charge in [-0.3, -0.25) is 4.79 Å². The van der Waals surface area contributed by atoms with Crippen LogP contribution >= 0.6 is 11.3 Å². The van der Waals surface area contributed by atoms with Crippen molar-refractivity contribution < 1.29 is 14.3 Å². The summed E-state index contributed by atoms with van der Waals surface area (Å²) in [7, 11) is 0. The maximum Gasteiger partial charge on any atom is 0.341 e. The van der Waals surface area contributed by atoms with Crippen LogP contribution in [-0.4, -0.2) is 18.5 Å². The number of fused-ring (bicyclic) bond motifs is 1. The number of ether oxygens (including phenoxy) is 1.